The predicted molar refractivity (Wildman–Crippen MR) is 78.5 cm³/mol. The van der Waals surface area contributed by atoms with E-state index in [4.69, 9.17) is 16.3 Å². The highest BCUT2D eigenvalue weighted by Crippen LogP contribution is 2.33. The van der Waals surface area contributed by atoms with Gasteiger partial charge in [0.2, 0.25) is 0 Å². The van der Waals surface area contributed by atoms with Gasteiger partial charge in [0, 0.05) is 18.5 Å². The summed E-state index contributed by atoms with van der Waals surface area (Å²) in [4.78, 5) is 34.2. The van der Waals surface area contributed by atoms with Crippen LogP contribution in [0.2, 0.25) is 5.02 Å². The Morgan fingerprint density at radius 1 is 1.50 bits per heavy atom. The quantitative estimate of drug-likeness (QED) is 0.524. The Balaban J connectivity index is 2.99. The van der Waals surface area contributed by atoms with Gasteiger partial charge >= 0.3 is 5.97 Å². The highest BCUT2D eigenvalue weighted by molar-refractivity contribution is 6.33. The van der Waals surface area contributed by atoms with Gasteiger partial charge in [0.25, 0.3) is 11.2 Å². The van der Waals surface area contributed by atoms with Crippen molar-refractivity contribution in [3.05, 3.63) is 43.2 Å². The molecule has 1 aromatic carbocycles. The van der Waals surface area contributed by atoms with Crippen LogP contribution in [0.25, 0.3) is 10.9 Å². The molecule has 0 fully saturated rings. The molecule has 1 aromatic heterocycles. The Hall–Kier alpha value is -2.61. The molecule has 0 aliphatic rings. The second kappa shape index (κ2) is 5.64. The van der Waals surface area contributed by atoms with Crippen molar-refractivity contribution < 1.29 is 19.6 Å². The summed E-state index contributed by atoms with van der Waals surface area (Å²) in [5.41, 5.74) is -1.53. The molecule has 0 bridgehead atoms. The number of benzene rings is 1. The predicted octanol–water partition coefficient (Wildman–Crippen LogP) is 1.98. The van der Waals surface area contributed by atoms with Crippen LogP contribution in [-0.2, 0) is 11.8 Å². The first-order valence-electron chi connectivity index (χ1n) is 6.16. The molecular formula is C13H11ClN2O6. The highest BCUT2D eigenvalue weighted by atomic mass is 35.5. The van der Waals surface area contributed by atoms with Gasteiger partial charge in [-0.15, -0.1) is 0 Å². The van der Waals surface area contributed by atoms with Crippen molar-refractivity contribution in [1.82, 2.24) is 4.57 Å². The number of rotatable bonds is 3. The third-order valence-corrected chi connectivity index (χ3v) is 3.42. The molecule has 0 atom stereocenters. The van der Waals surface area contributed by atoms with Gasteiger partial charge in [0.05, 0.1) is 17.0 Å². The maximum Gasteiger partial charge on any atom is 0.342 e. The number of aromatic nitrogens is 1. The SMILES string of the molecule is CCOC(=O)c1c(O)c(=O)n(C)c2cc(Cl)c([N+](=O)[O-])cc12. The molecule has 0 saturated heterocycles. The third kappa shape index (κ3) is 2.37. The minimum Gasteiger partial charge on any atom is -0.502 e. The molecule has 2 rings (SSSR count). The lowest BCUT2D eigenvalue weighted by molar-refractivity contribution is -0.384. The Morgan fingerprint density at radius 2 is 2.14 bits per heavy atom. The van der Waals surface area contributed by atoms with Gasteiger partial charge in [-0.2, -0.15) is 0 Å². The number of carbonyl (C=O) groups excluding carboxylic acids is 1. The molecular weight excluding hydrogens is 316 g/mol. The molecule has 1 heterocycles. The van der Waals surface area contributed by atoms with Gasteiger partial charge in [0.1, 0.15) is 10.6 Å². The van der Waals surface area contributed by atoms with Crippen molar-refractivity contribution in [2.75, 3.05) is 6.61 Å². The number of hydrogen-bond acceptors (Lipinski definition) is 6. The zero-order chi connectivity index (χ0) is 16.6. The topological polar surface area (TPSA) is 112 Å². The van der Waals surface area contributed by atoms with E-state index in [9.17, 15) is 24.8 Å². The summed E-state index contributed by atoms with van der Waals surface area (Å²) in [5, 5.41) is 20.7. The first-order chi connectivity index (χ1) is 10.3. The summed E-state index contributed by atoms with van der Waals surface area (Å²) in [6.45, 7) is 1.57. The molecule has 9 heteroatoms. The normalized spacial score (nSPS) is 10.7. The van der Waals surface area contributed by atoms with Crippen LogP contribution in [-0.4, -0.2) is 27.2 Å². The average Bonchev–Trinajstić information content (AvgIpc) is 2.45. The Bertz CT molecular complexity index is 858. The number of nitro groups is 1. The van der Waals surface area contributed by atoms with Crippen molar-refractivity contribution in [2.24, 2.45) is 7.05 Å². The Kier molecular flexibility index (Phi) is 4.05. The fourth-order valence-electron chi connectivity index (χ4n) is 2.08. The Morgan fingerprint density at radius 3 is 2.68 bits per heavy atom. The first-order valence-corrected chi connectivity index (χ1v) is 6.54. The molecule has 0 radical (unpaired) electrons. The van der Waals surface area contributed by atoms with Crippen molar-refractivity contribution in [1.29, 1.82) is 0 Å². The number of nitro benzene ring substituents is 1. The number of aryl methyl sites for hydroxylation is 1. The van der Waals surface area contributed by atoms with E-state index in [1.807, 2.05) is 0 Å². The largest absolute Gasteiger partial charge is 0.502 e. The lowest BCUT2D eigenvalue weighted by atomic mass is 10.1. The van der Waals surface area contributed by atoms with E-state index in [1.165, 1.54) is 13.1 Å². The van der Waals surface area contributed by atoms with E-state index in [2.05, 4.69) is 0 Å². The van der Waals surface area contributed by atoms with Crippen molar-refractivity contribution in [2.45, 2.75) is 6.92 Å². The fourth-order valence-corrected chi connectivity index (χ4v) is 2.31. The number of carbonyl (C=O) groups is 1. The van der Waals surface area contributed by atoms with E-state index in [-0.39, 0.29) is 22.5 Å². The summed E-state index contributed by atoms with van der Waals surface area (Å²) in [6.07, 6.45) is 0. The maximum absolute atomic E-state index is 12.0. The molecule has 0 aliphatic heterocycles. The Labute approximate surface area is 128 Å². The van der Waals surface area contributed by atoms with Crippen LogP contribution in [0.15, 0.2) is 16.9 Å². The summed E-state index contributed by atoms with van der Waals surface area (Å²) in [6, 6.07) is 2.22. The molecule has 0 saturated carbocycles. The monoisotopic (exact) mass is 326 g/mol. The molecule has 0 aliphatic carbocycles. The lowest BCUT2D eigenvalue weighted by Gasteiger charge is -2.12. The lowest BCUT2D eigenvalue weighted by Crippen LogP contribution is -2.21. The number of esters is 1. The van der Waals surface area contributed by atoms with Gasteiger partial charge in [-0.1, -0.05) is 11.6 Å². The molecule has 8 nitrogen and oxygen atoms in total. The minimum absolute atomic E-state index is 0.00847. The summed E-state index contributed by atoms with van der Waals surface area (Å²) in [5.74, 6) is -1.77. The molecule has 2 aromatic rings. The van der Waals surface area contributed by atoms with Crippen molar-refractivity contribution in [3.8, 4) is 5.75 Å². The van der Waals surface area contributed by atoms with Gasteiger partial charge in [-0.05, 0) is 13.0 Å². The number of hydrogen-bond donors (Lipinski definition) is 1. The van der Waals surface area contributed by atoms with Crippen LogP contribution in [0.4, 0.5) is 5.69 Å². The zero-order valence-corrected chi connectivity index (χ0v) is 12.4. The molecule has 0 amide bonds. The molecule has 1 N–H and O–H groups in total. The maximum atomic E-state index is 12.0. The van der Waals surface area contributed by atoms with E-state index >= 15 is 0 Å². The highest BCUT2D eigenvalue weighted by Gasteiger charge is 2.25. The van der Waals surface area contributed by atoms with Gasteiger partial charge < -0.3 is 14.4 Å². The van der Waals surface area contributed by atoms with Crippen molar-refractivity contribution in [3.63, 3.8) is 0 Å². The molecule has 22 heavy (non-hydrogen) atoms. The summed E-state index contributed by atoms with van der Waals surface area (Å²) >= 11 is 5.82. The van der Waals surface area contributed by atoms with Crippen LogP contribution >= 0.6 is 11.6 Å². The van der Waals surface area contributed by atoms with Gasteiger partial charge in [0.15, 0.2) is 5.75 Å². The standard InChI is InChI=1S/C13H11ClN2O6/c1-3-22-13(19)10-6-4-9(16(20)21)7(14)5-8(6)15(2)12(18)11(10)17/h4-5,17H,3H2,1-2H3. The second-order valence-corrected chi connectivity index (χ2v) is 4.79. The third-order valence-electron chi connectivity index (χ3n) is 3.12. The van der Waals surface area contributed by atoms with Crippen LogP contribution in [0.5, 0.6) is 5.75 Å². The van der Waals surface area contributed by atoms with Gasteiger partial charge in [-0.25, -0.2) is 4.79 Å². The van der Waals surface area contributed by atoms with Crippen LogP contribution in [0, 0.1) is 10.1 Å². The van der Waals surface area contributed by atoms with Crippen LogP contribution in [0.1, 0.15) is 17.3 Å². The van der Waals surface area contributed by atoms with E-state index in [1.54, 1.807) is 6.92 Å². The summed E-state index contributed by atoms with van der Waals surface area (Å²) < 4.78 is 5.84. The molecule has 0 unspecified atom stereocenters. The molecule has 116 valence electrons. The van der Waals surface area contributed by atoms with E-state index in [0.29, 0.717) is 0 Å². The smallest absolute Gasteiger partial charge is 0.342 e. The number of fused-ring (bicyclic) bond motifs is 1. The van der Waals surface area contributed by atoms with Gasteiger partial charge in [-0.3, -0.25) is 14.9 Å². The number of aromatic hydroxyl groups is 1. The number of pyridine rings is 1. The molecule has 0 spiro atoms. The van der Waals surface area contributed by atoms with E-state index in [0.717, 1.165) is 10.6 Å². The van der Waals surface area contributed by atoms with E-state index < -0.39 is 33.5 Å². The van der Waals surface area contributed by atoms with Crippen molar-refractivity contribution >= 4 is 34.2 Å². The summed E-state index contributed by atoms with van der Waals surface area (Å²) in [7, 11) is 1.35. The fraction of sp³-hybridized carbons (Fsp3) is 0.231. The number of ether oxygens (including phenoxy) is 1. The first kappa shape index (κ1) is 15.8. The zero-order valence-electron chi connectivity index (χ0n) is 11.6. The average molecular weight is 327 g/mol. The van der Waals surface area contributed by atoms with Crippen LogP contribution < -0.4 is 5.56 Å². The number of nitrogens with zero attached hydrogens (tertiary/aromatic N) is 2. The number of halogens is 1. The van der Waals surface area contributed by atoms with Crippen LogP contribution in [0.3, 0.4) is 0 Å². The second-order valence-electron chi connectivity index (χ2n) is 4.39. The minimum atomic E-state index is -0.945.